The summed E-state index contributed by atoms with van der Waals surface area (Å²) in [7, 11) is 0. The van der Waals surface area contributed by atoms with Gasteiger partial charge in [0.2, 0.25) is 11.8 Å². The van der Waals surface area contributed by atoms with Crippen LogP contribution in [0.3, 0.4) is 0 Å². The van der Waals surface area contributed by atoms with E-state index >= 15 is 0 Å². The number of esters is 1. The van der Waals surface area contributed by atoms with Crippen molar-refractivity contribution in [3.05, 3.63) is 24.3 Å². The summed E-state index contributed by atoms with van der Waals surface area (Å²) >= 11 is 0. The summed E-state index contributed by atoms with van der Waals surface area (Å²) in [6.45, 7) is 5.65. The lowest BCUT2D eigenvalue weighted by Gasteiger charge is -2.37. The molecule has 34 heavy (non-hydrogen) atoms. The van der Waals surface area contributed by atoms with Gasteiger partial charge in [-0.25, -0.2) is 0 Å². The van der Waals surface area contributed by atoms with Gasteiger partial charge in [0, 0.05) is 26.2 Å². The third-order valence-corrected chi connectivity index (χ3v) is 7.67. The predicted molar refractivity (Wildman–Crippen MR) is 126 cm³/mol. The first-order valence-electron chi connectivity index (χ1n) is 12.8. The number of aliphatic hydroxyl groups is 1. The van der Waals surface area contributed by atoms with Crippen LogP contribution in [-0.2, 0) is 23.9 Å². The maximum Gasteiger partial charge on any atom is 0.313 e. The van der Waals surface area contributed by atoms with Gasteiger partial charge in [-0.2, -0.15) is 0 Å². The molecule has 8 nitrogen and oxygen atoms in total. The molecule has 4 aliphatic heterocycles. The molecule has 4 rings (SSSR count). The van der Waals surface area contributed by atoms with Gasteiger partial charge in [-0.05, 0) is 45.4 Å². The van der Waals surface area contributed by atoms with Crippen molar-refractivity contribution in [3.8, 4) is 0 Å². The first-order valence-corrected chi connectivity index (χ1v) is 12.8. The van der Waals surface area contributed by atoms with Gasteiger partial charge < -0.3 is 24.4 Å². The minimum absolute atomic E-state index is 0.0199. The number of allylic oxidation sites excluding steroid dienone is 1. The van der Waals surface area contributed by atoms with Crippen LogP contribution in [0.2, 0.25) is 0 Å². The monoisotopic (exact) mass is 474 g/mol. The van der Waals surface area contributed by atoms with Crippen molar-refractivity contribution in [1.29, 1.82) is 0 Å². The molecule has 188 valence electrons. The normalized spacial score (nSPS) is 36.6. The summed E-state index contributed by atoms with van der Waals surface area (Å²) in [4.78, 5) is 44.6. The van der Waals surface area contributed by atoms with Crippen LogP contribution in [0.1, 0.15) is 58.8 Å². The smallest absolute Gasteiger partial charge is 0.313 e. The third kappa shape index (κ3) is 4.19. The highest BCUT2D eigenvalue weighted by molar-refractivity contribution is 5.99. The number of cyclic esters (lactones) is 1. The molecule has 0 aromatic heterocycles. The predicted octanol–water partition coefficient (Wildman–Crippen LogP) is 2.21. The van der Waals surface area contributed by atoms with Gasteiger partial charge in [-0.15, -0.1) is 0 Å². The van der Waals surface area contributed by atoms with Crippen molar-refractivity contribution in [3.63, 3.8) is 0 Å². The fourth-order valence-electron chi connectivity index (χ4n) is 6.03. The second kappa shape index (κ2) is 10.2. The van der Waals surface area contributed by atoms with Crippen molar-refractivity contribution in [2.75, 3.05) is 32.8 Å². The summed E-state index contributed by atoms with van der Waals surface area (Å²) in [5.74, 6) is -2.48. The highest BCUT2D eigenvalue weighted by atomic mass is 16.6. The lowest BCUT2D eigenvalue weighted by Crippen LogP contribution is -2.56. The van der Waals surface area contributed by atoms with E-state index in [1.165, 1.54) is 0 Å². The first kappa shape index (κ1) is 24.9. The average molecular weight is 475 g/mol. The van der Waals surface area contributed by atoms with Gasteiger partial charge in [0.1, 0.15) is 17.6 Å². The molecule has 0 aromatic rings. The Morgan fingerprint density at radius 2 is 1.85 bits per heavy atom. The molecule has 0 radical (unpaired) electrons. The van der Waals surface area contributed by atoms with Crippen LogP contribution < -0.4 is 0 Å². The van der Waals surface area contributed by atoms with E-state index in [2.05, 4.69) is 6.92 Å². The molecule has 0 saturated carbocycles. The second-order valence-electron chi connectivity index (χ2n) is 10.1. The molecule has 8 heteroatoms. The largest absolute Gasteiger partial charge is 0.465 e. The molecular weight excluding hydrogens is 436 g/mol. The van der Waals surface area contributed by atoms with E-state index in [1.54, 1.807) is 9.80 Å². The molecule has 1 spiro atoms. The number of aliphatic hydroxyl groups excluding tert-OH is 1. The van der Waals surface area contributed by atoms with Gasteiger partial charge in [0.25, 0.3) is 0 Å². The molecule has 2 saturated heterocycles. The lowest BCUT2D eigenvalue weighted by molar-refractivity contribution is -0.160. The second-order valence-corrected chi connectivity index (χ2v) is 10.1. The Balaban J connectivity index is 1.79. The third-order valence-electron chi connectivity index (χ3n) is 7.67. The Morgan fingerprint density at radius 1 is 1.03 bits per heavy atom. The fourth-order valence-corrected chi connectivity index (χ4v) is 6.03. The minimum atomic E-state index is -1.23. The number of carbonyl (C=O) groups excluding carboxylic acids is 3. The maximum absolute atomic E-state index is 14.0. The highest BCUT2D eigenvalue weighted by Gasteiger charge is 2.74. The minimum Gasteiger partial charge on any atom is -0.465 e. The highest BCUT2D eigenvalue weighted by Crippen LogP contribution is 2.57. The van der Waals surface area contributed by atoms with Gasteiger partial charge in [0.15, 0.2) is 0 Å². The fraction of sp³-hybridized carbons (Fsp3) is 0.731. The standard InChI is InChI=1S/C26H38N2O6/c1-3-4-14-27-15-11-13-26-19(22(30)28(16-8-9-17-29)21(26)23(27)31)20-24(32)33-18-10-6-5-7-12-25(20,2)34-26/h7,11-13,19-21,29H,3-6,8-10,14-18H2,1-2H3/b12-7-/t19-,20+,21?,25-,26-/m0/s1. The lowest BCUT2D eigenvalue weighted by atomic mass is 9.74. The van der Waals surface area contributed by atoms with Gasteiger partial charge in [-0.3, -0.25) is 14.4 Å². The zero-order valence-electron chi connectivity index (χ0n) is 20.4. The zero-order valence-corrected chi connectivity index (χ0v) is 20.4. The van der Waals surface area contributed by atoms with Crippen molar-refractivity contribution < 1.29 is 29.0 Å². The Bertz CT molecular complexity index is 856. The number of rotatable bonds is 7. The number of likely N-dealkylation sites (tertiary alicyclic amines) is 1. The van der Waals surface area contributed by atoms with Gasteiger partial charge in [-0.1, -0.05) is 37.6 Å². The summed E-state index contributed by atoms with van der Waals surface area (Å²) in [6, 6.07) is -0.838. The van der Waals surface area contributed by atoms with Gasteiger partial charge in [0.05, 0.1) is 18.1 Å². The molecule has 5 atom stereocenters. The van der Waals surface area contributed by atoms with E-state index in [9.17, 15) is 19.5 Å². The van der Waals surface area contributed by atoms with Crippen LogP contribution in [0.4, 0.5) is 0 Å². The van der Waals surface area contributed by atoms with Crippen LogP contribution in [0.25, 0.3) is 0 Å². The Morgan fingerprint density at radius 3 is 2.62 bits per heavy atom. The van der Waals surface area contributed by atoms with Gasteiger partial charge >= 0.3 is 5.97 Å². The first-order chi connectivity index (χ1) is 16.4. The molecule has 1 N–H and O–H groups in total. The molecule has 0 bridgehead atoms. The van der Waals surface area contributed by atoms with E-state index in [0.29, 0.717) is 39.1 Å². The van der Waals surface area contributed by atoms with Crippen LogP contribution in [0, 0.1) is 11.8 Å². The Labute approximate surface area is 201 Å². The van der Waals surface area contributed by atoms with E-state index in [-0.39, 0.29) is 18.4 Å². The maximum atomic E-state index is 14.0. The summed E-state index contributed by atoms with van der Waals surface area (Å²) in [5, 5.41) is 9.28. The van der Waals surface area contributed by atoms with E-state index < -0.39 is 35.0 Å². The Hall–Kier alpha value is -2.19. The molecule has 2 fully saturated rings. The number of unbranched alkanes of at least 4 members (excludes halogenated alkanes) is 2. The van der Waals surface area contributed by atoms with Crippen LogP contribution in [0.15, 0.2) is 24.3 Å². The Kier molecular flexibility index (Phi) is 7.48. The number of amides is 2. The topological polar surface area (TPSA) is 96.4 Å². The molecule has 2 amide bonds. The number of hydrogen-bond donors (Lipinski definition) is 1. The summed E-state index contributed by atoms with van der Waals surface area (Å²) < 4.78 is 12.4. The molecule has 4 heterocycles. The average Bonchev–Trinajstić information content (AvgIpc) is 3.13. The summed E-state index contributed by atoms with van der Waals surface area (Å²) in [6.07, 6.45) is 13.2. The quantitative estimate of drug-likeness (QED) is 0.345. The molecule has 1 unspecified atom stereocenters. The van der Waals surface area contributed by atoms with E-state index in [1.807, 2.05) is 31.2 Å². The zero-order chi connectivity index (χ0) is 24.3. The van der Waals surface area contributed by atoms with E-state index in [0.717, 1.165) is 32.1 Å². The summed E-state index contributed by atoms with van der Waals surface area (Å²) in [5.41, 5.74) is -2.28. The number of carbonyl (C=O) groups is 3. The SMILES string of the molecule is CCCCN1CC=C[C@]23O[C@@]4(C)/C=C\CCCCOC(=O)[C@H]4[C@H]2C(=O)N(CCCCO)C3C1=O. The number of ether oxygens (including phenoxy) is 2. The van der Waals surface area contributed by atoms with Crippen molar-refractivity contribution >= 4 is 17.8 Å². The van der Waals surface area contributed by atoms with Crippen LogP contribution >= 0.6 is 0 Å². The van der Waals surface area contributed by atoms with Crippen molar-refractivity contribution in [1.82, 2.24) is 9.80 Å². The van der Waals surface area contributed by atoms with E-state index in [4.69, 9.17) is 9.47 Å². The van der Waals surface area contributed by atoms with Crippen molar-refractivity contribution in [2.45, 2.75) is 76.0 Å². The van der Waals surface area contributed by atoms with Crippen molar-refractivity contribution in [2.24, 2.45) is 11.8 Å². The van der Waals surface area contributed by atoms with Crippen LogP contribution in [-0.4, -0.2) is 82.8 Å². The number of nitrogens with zero attached hydrogens (tertiary/aromatic N) is 2. The number of fused-ring (bicyclic) bond motifs is 2. The number of hydrogen-bond acceptors (Lipinski definition) is 6. The van der Waals surface area contributed by atoms with Crippen LogP contribution in [0.5, 0.6) is 0 Å². The molecule has 0 aromatic carbocycles. The molecule has 0 aliphatic carbocycles. The molecular formula is C26H38N2O6. The molecule has 4 aliphatic rings.